The Hall–Kier alpha value is -3.15. The molecule has 0 atom stereocenters. The molecule has 0 saturated carbocycles. The summed E-state index contributed by atoms with van der Waals surface area (Å²) < 4.78 is 2.09. The van der Waals surface area contributed by atoms with Gasteiger partial charge in [0.1, 0.15) is 11.6 Å². The van der Waals surface area contributed by atoms with Gasteiger partial charge in [0.15, 0.2) is 0 Å². The SMILES string of the molecule is CCn1c(C)nc2cc(C(=O)N/N=C(\C)c3ccccc3O)ccc21. The van der Waals surface area contributed by atoms with E-state index in [1.54, 1.807) is 43.3 Å². The monoisotopic (exact) mass is 336 g/mol. The summed E-state index contributed by atoms with van der Waals surface area (Å²) in [5, 5.41) is 13.9. The third-order valence-electron chi connectivity index (χ3n) is 4.14. The lowest BCUT2D eigenvalue weighted by atomic mass is 10.1. The van der Waals surface area contributed by atoms with E-state index < -0.39 is 0 Å². The summed E-state index contributed by atoms with van der Waals surface area (Å²) in [6.07, 6.45) is 0. The number of nitrogens with zero attached hydrogens (tertiary/aromatic N) is 3. The molecular formula is C19H20N4O2. The van der Waals surface area contributed by atoms with Crippen LogP contribution >= 0.6 is 0 Å². The topological polar surface area (TPSA) is 79.5 Å². The number of carbonyl (C=O) groups excluding carboxylic acids is 1. The van der Waals surface area contributed by atoms with Gasteiger partial charge in [-0.1, -0.05) is 12.1 Å². The molecule has 0 saturated heterocycles. The Labute approximate surface area is 145 Å². The van der Waals surface area contributed by atoms with Crippen molar-refractivity contribution in [1.29, 1.82) is 0 Å². The van der Waals surface area contributed by atoms with Gasteiger partial charge in [-0.25, -0.2) is 10.4 Å². The fourth-order valence-corrected chi connectivity index (χ4v) is 2.83. The van der Waals surface area contributed by atoms with E-state index >= 15 is 0 Å². The van der Waals surface area contributed by atoms with Gasteiger partial charge in [-0.15, -0.1) is 0 Å². The van der Waals surface area contributed by atoms with E-state index in [-0.39, 0.29) is 11.7 Å². The number of benzene rings is 2. The van der Waals surface area contributed by atoms with Crippen molar-refractivity contribution in [3.63, 3.8) is 0 Å². The van der Waals surface area contributed by atoms with Gasteiger partial charge in [0.05, 0.1) is 16.7 Å². The zero-order valence-corrected chi connectivity index (χ0v) is 14.4. The zero-order valence-electron chi connectivity index (χ0n) is 14.4. The molecule has 6 heteroatoms. The van der Waals surface area contributed by atoms with Crippen molar-refractivity contribution < 1.29 is 9.90 Å². The number of hydrazone groups is 1. The minimum Gasteiger partial charge on any atom is -0.507 e. The van der Waals surface area contributed by atoms with Gasteiger partial charge in [-0.2, -0.15) is 5.10 Å². The molecule has 6 nitrogen and oxygen atoms in total. The lowest BCUT2D eigenvalue weighted by molar-refractivity contribution is 0.0955. The molecule has 128 valence electrons. The van der Waals surface area contributed by atoms with Crippen molar-refractivity contribution in [2.24, 2.45) is 5.10 Å². The molecule has 0 aliphatic carbocycles. The second-order valence-corrected chi connectivity index (χ2v) is 5.76. The van der Waals surface area contributed by atoms with E-state index in [9.17, 15) is 9.90 Å². The molecule has 0 unspecified atom stereocenters. The van der Waals surface area contributed by atoms with Gasteiger partial charge < -0.3 is 9.67 Å². The fraction of sp³-hybridized carbons (Fsp3) is 0.211. The molecule has 0 radical (unpaired) electrons. The number of hydrogen-bond acceptors (Lipinski definition) is 4. The van der Waals surface area contributed by atoms with Crippen molar-refractivity contribution in [2.75, 3.05) is 0 Å². The van der Waals surface area contributed by atoms with E-state index in [0.717, 1.165) is 23.4 Å². The molecule has 0 bridgehead atoms. The molecule has 2 N–H and O–H groups in total. The maximum absolute atomic E-state index is 12.4. The molecular weight excluding hydrogens is 316 g/mol. The summed E-state index contributed by atoms with van der Waals surface area (Å²) in [6.45, 7) is 6.57. The number of para-hydroxylation sites is 1. The van der Waals surface area contributed by atoms with Gasteiger partial charge in [-0.3, -0.25) is 4.79 Å². The highest BCUT2D eigenvalue weighted by molar-refractivity contribution is 6.03. The average molecular weight is 336 g/mol. The van der Waals surface area contributed by atoms with E-state index in [1.807, 2.05) is 13.0 Å². The standard InChI is InChI=1S/C19H20N4O2/c1-4-23-13(3)20-16-11-14(9-10-17(16)23)19(25)22-21-12(2)15-7-5-6-8-18(15)24/h5-11,24H,4H2,1-3H3,(H,22,25)/b21-12+. The number of phenolic OH excluding ortho intramolecular Hbond substituents is 1. The highest BCUT2D eigenvalue weighted by atomic mass is 16.3. The molecule has 3 aromatic rings. The van der Waals surface area contributed by atoms with E-state index in [1.165, 1.54) is 0 Å². The highest BCUT2D eigenvalue weighted by Gasteiger charge is 2.11. The van der Waals surface area contributed by atoms with Gasteiger partial charge >= 0.3 is 0 Å². The van der Waals surface area contributed by atoms with E-state index in [0.29, 0.717) is 16.8 Å². The molecule has 0 fully saturated rings. The first-order valence-corrected chi connectivity index (χ1v) is 8.11. The average Bonchev–Trinajstić information content (AvgIpc) is 2.93. The summed E-state index contributed by atoms with van der Waals surface area (Å²) in [5.41, 5.74) is 5.91. The second kappa shape index (κ2) is 6.76. The summed E-state index contributed by atoms with van der Waals surface area (Å²) >= 11 is 0. The van der Waals surface area contributed by atoms with Gasteiger partial charge in [-0.05, 0) is 51.1 Å². The number of imidazole rings is 1. The van der Waals surface area contributed by atoms with Crippen LogP contribution in [0, 0.1) is 6.92 Å². The van der Waals surface area contributed by atoms with Crippen LogP contribution in [-0.2, 0) is 6.54 Å². The molecule has 0 spiro atoms. The van der Waals surface area contributed by atoms with Crippen molar-refractivity contribution in [1.82, 2.24) is 15.0 Å². The zero-order chi connectivity index (χ0) is 18.0. The molecule has 1 aromatic heterocycles. The lowest BCUT2D eigenvalue weighted by Crippen LogP contribution is -2.19. The fourth-order valence-electron chi connectivity index (χ4n) is 2.83. The number of phenols is 1. The molecule has 1 amide bonds. The number of rotatable bonds is 4. The first-order chi connectivity index (χ1) is 12.0. The predicted molar refractivity (Wildman–Crippen MR) is 97.9 cm³/mol. The van der Waals surface area contributed by atoms with Crippen LogP contribution in [-0.4, -0.2) is 26.3 Å². The van der Waals surface area contributed by atoms with Crippen LogP contribution < -0.4 is 5.43 Å². The Kier molecular flexibility index (Phi) is 4.52. The van der Waals surface area contributed by atoms with Crippen LogP contribution in [0.15, 0.2) is 47.6 Å². The summed E-state index contributed by atoms with van der Waals surface area (Å²) in [7, 11) is 0. The first-order valence-electron chi connectivity index (χ1n) is 8.11. The first kappa shape index (κ1) is 16.7. The van der Waals surface area contributed by atoms with Crippen molar-refractivity contribution >= 4 is 22.7 Å². The quantitative estimate of drug-likeness (QED) is 0.567. The number of carbonyl (C=O) groups is 1. The summed E-state index contributed by atoms with van der Waals surface area (Å²) in [5.74, 6) is 0.726. The molecule has 0 aliphatic heterocycles. The number of hydrogen-bond donors (Lipinski definition) is 2. The Bertz CT molecular complexity index is 973. The smallest absolute Gasteiger partial charge is 0.271 e. The van der Waals surface area contributed by atoms with Gasteiger partial charge in [0.2, 0.25) is 0 Å². The molecule has 1 heterocycles. The number of aromatic hydroxyl groups is 1. The predicted octanol–water partition coefficient (Wildman–Crippen LogP) is 3.22. The Balaban J connectivity index is 1.83. The van der Waals surface area contributed by atoms with Crippen molar-refractivity contribution in [3.8, 4) is 5.75 Å². The van der Waals surface area contributed by atoms with Crippen LogP contribution in [0.25, 0.3) is 11.0 Å². The third kappa shape index (κ3) is 3.24. The Morgan fingerprint density at radius 3 is 2.76 bits per heavy atom. The molecule has 3 rings (SSSR count). The van der Waals surface area contributed by atoms with Crippen LogP contribution in [0.1, 0.15) is 35.6 Å². The van der Waals surface area contributed by atoms with Crippen LogP contribution in [0.3, 0.4) is 0 Å². The Morgan fingerprint density at radius 1 is 1.28 bits per heavy atom. The number of amides is 1. The van der Waals surface area contributed by atoms with Crippen molar-refractivity contribution in [3.05, 3.63) is 59.4 Å². The van der Waals surface area contributed by atoms with E-state index in [4.69, 9.17) is 0 Å². The maximum Gasteiger partial charge on any atom is 0.271 e. The normalized spacial score (nSPS) is 11.7. The van der Waals surface area contributed by atoms with Gasteiger partial charge in [0, 0.05) is 17.7 Å². The van der Waals surface area contributed by atoms with Crippen LogP contribution in [0.2, 0.25) is 0 Å². The Morgan fingerprint density at radius 2 is 2.04 bits per heavy atom. The second-order valence-electron chi connectivity index (χ2n) is 5.76. The minimum absolute atomic E-state index is 0.125. The lowest BCUT2D eigenvalue weighted by Gasteiger charge is -2.05. The number of aryl methyl sites for hydroxylation is 2. The maximum atomic E-state index is 12.4. The summed E-state index contributed by atoms with van der Waals surface area (Å²) in [4.78, 5) is 16.9. The van der Waals surface area contributed by atoms with Gasteiger partial charge in [0.25, 0.3) is 5.91 Å². The largest absolute Gasteiger partial charge is 0.507 e. The van der Waals surface area contributed by atoms with Crippen LogP contribution in [0.4, 0.5) is 0 Å². The number of fused-ring (bicyclic) bond motifs is 1. The minimum atomic E-state index is -0.319. The molecule has 0 aliphatic rings. The number of nitrogens with one attached hydrogen (secondary N) is 1. The van der Waals surface area contributed by atoms with E-state index in [2.05, 4.69) is 27.0 Å². The molecule has 2 aromatic carbocycles. The molecule has 25 heavy (non-hydrogen) atoms. The third-order valence-corrected chi connectivity index (χ3v) is 4.14. The highest BCUT2D eigenvalue weighted by Crippen LogP contribution is 2.18. The van der Waals surface area contributed by atoms with Crippen molar-refractivity contribution in [2.45, 2.75) is 27.3 Å². The number of aromatic nitrogens is 2. The van der Waals surface area contributed by atoms with Crippen LogP contribution in [0.5, 0.6) is 5.75 Å². The summed E-state index contributed by atoms with van der Waals surface area (Å²) in [6, 6.07) is 12.3.